The summed E-state index contributed by atoms with van der Waals surface area (Å²) < 4.78 is 38.2. The van der Waals surface area contributed by atoms with Crippen LogP contribution in [0.2, 0.25) is 0 Å². The Hall–Kier alpha value is -3.21. The molecule has 0 aliphatic rings. The second-order valence-corrected chi connectivity index (χ2v) is 6.37. The van der Waals surface area contributed by atoms with Gasteiger partial charge in [0.2, 0.25) is 11.8 Å². The largest absolute Gasteiger partial charge is 0.481 e. The van der Waals surface area contributed by atoms with Gasteiger partial charge in [0.1, 0.15) is 6.33 Å². The number of rotatable bonds is 6. The summed E-state index contributed by atoms with van der Waals surface area (Å²) in [5.74, 6) is 0.538. The van der Waals surface area contributed by atoms with Gasteiger partial charge in [-0.3, -0.25) is 0 Å². The minimum absolute atomic E-state index is 0.102. The molecule has 0 bridgehead atoms. The van der Waals surface area contributed by atoms with E-state index in [4.69, 9.17) is 9.47 Å². The first kappa shape index (κ1) is 16.6. The van der Waals surface area contributed by atoms with Crippen LogP contribution < -0.4 is 14.2 Å². The van der Waals surface area contributed by atoms with Crippen LogP contribution in [-0.4, -0.2) is 47.4 Å². The summed E-state index contributed by atoms with van der Waals surface area (Å²) in [5.41, 5.74) is 0. The lowest BCUT2D eigenvalue weighted by Crippen LogP contribution is -2.14. The molecule has 2 aromatic heterocycles. The third-order valence-corrected chi connectivity index (χ3v) is 4.41. The van der Waals surface area contributed by atoms with Crippen LogP contribution in [0.15, 0.2) is 47.6 Å². The maximum absolute atomic E-state index is 12.3. The summed E-state index contributed by atoms with van der Waals surface area (Å²) in [6.07, 6.45) is 1.27. The molecule has 0 radical (unpaired) electrons. The van der Waals surface area contributed by atoms with E-state index in [2.05, 4.69) is 24.8 Å². The molecule has 0 atom stereocenters. The molecule has 3 aromatic rings. The van der Waals surface area contributed by atoms with Crippen molar-refractivity contribution < 1.29 is 17.9 Å². The van der Waals surface area contributed by atoms with Crippen molar-refractivity contribution in [3.05, 3.63) is 42.7 Å². The fourth-order valence-electron chi connectivity index (χ4n) is 1.89. The highest BCUT2D eigenvalue weighted by molar-refractivity contribution is 7.92. The van der Waals surface area contributed by atoms with Gasteiger partial charge in [0.25, 0.3) is 21.9 Å². The Labute approximate surface area is 143 Å². The van der Waals surface area contributed by atoms with E-state index in [-0.39, 0.29) is 28.6 Å². The van der Waals surface area contributed by atoms with Gasteiger partial charge in [0, 0.05) is 0 Å². The quantitative estimate of drug-likeness (QED) is 0.686. The van der Waals surface area contributed by atoms with E-state index < -0.39 is 10.0 Å². The number of hydrogen-bond donors (Lipinski definition) is 1. The van der Waals surface area contributed by atoms with Gasteiger partial charge >= 0.3 is 0 Å². The van der Waals surface area contributed by atoms with Crippen molar-refractivity contribution in [2.45, 2.75) is 4.90 Å². The molecule has 1 N–H and O–H groups in total. The normalized spacial score (nSPS) is 11.1. The first-order chi connectivity index (χ1) is 12.0. The third kappa shape index (κ3) is 3.66. The van der Waals surface area contributed by atoms with Crippen molar-refractivity contribution >= 4 is 16.0 Å². The van der Waals surface area contributed by atoms with E-state index in [1.807, 2.05) is 0 Å². The zero-order valence-corrected chi connectivity index (χ0v) is 14.1. The first-order valence-electron chi connectivity index (χ1n) is 6.99. The van der Waals surface area contributed by atoms with Crippen LogP contribution in [0.25, 0.3) is 5.95 Å². The van der Waals surface area contributed by atoms with Crippen LogP contribution in [0.5, 0.6) is 11.8 Å². The van der Waals surface area contributed by atoms with Gasteiger partial charge in [-0.05, 0) is 12.1 Å². The Morgan fingerprint density at radius 1 is 1.04 bits per heavy atom. The van der Waals surface area contributed by atoms with E-state index in [1.165, 1.54) is 43.4 Å². The monoisotopic (exact) mass is 362 g/mol. The van der Waals surface area contributed by atoms with Crippen molar-refractivity contribution in [1.29, 1.82) is 0 Å². The molecule has 0 unspecified atom stereocenters. The van der Waals surface area contributed by atoms with Gasteiger partial charge in [0.15, 0.2) is 0 Å². The number of benzene rings is 1. The number of hydrogen-bond acceptors (Lipinski definition) is 8. The van der Waals surface area contributed by atoms with Gasteiger partial charge in [-0.25, -0.2) is 13.1 Å². The van der Waals surface area contributed by atoms with Crippen LogP contribution in [0, 0.1) is 0 Å². The van der Waals surface area contributed by atoms with E-state index in [1.54, 1.807) is 18.2 Å². The van der Waals surface area contributed by atoms with Crippen LogP contribution in [0.1, 0.15) is 0 Å². The molecule has 0 amide bonds. The Kier molecular flexibility index (Phi) is 4.48. The number of nitrogens with zero attached hydrogens (tertiary/aromatic N) is 5. The van der Waals surface area contributed by atoms with E-state index in [9.17, 15) is 8.42 Å². The number of nitrogens with one attached hydrogen (secondary N) is 1. The summed E-state index contributed by atoms with van der Waals surface area (Å²) >= 11 is 0. The van der Waals surface area contributed by atoms with Crippen LogP contribution >= 0.6 is 0 Å². The molecule has 10 nitrogen and oxygen atoms in total. The Morgan fingerprint density at radius 3 is 2.28 bits per heavy atom. The van der Waals surface area contributed by atoms with Crippen molar-refractivity contribution in [2.75, 3.05) is 18.9 Å². The predicted molar refractivity (Wildman–Crippen MR) is 87.3 cm³/mol. The van der Waals surface area contributed by atoms with Gasteiger partial charge in [-0.2, -0.15) is 19.6 Å². The summed E-state index contributed by atoms with van der Waals surface area (Å²) in [7, 11) is -0.885. The van der Waals surface area contributed by atoms with Crippen LogP contribution in [0.4, 0.5) is 5.95 Å². The maximum Gasteiger partial charge on any atom is 0.264 e. The molecule has 3 rings (SSSR count). The van der Waals surface area contributed by atoms with Crippen molar-refractivity contribution in [1.82, 2.24) is 24.7 Å². The molecule has 0 aliphatic heterocycles. The van der Waals surface area contributed by atoms with E-state index in [0.29, 0.717) is 0 Å². The van der Waals surface area contributed by atoms with Gasteiger partial charge in [-0.15, -0.1) is 5.10 Å². The Bertz CT molecular complexity index is 952. The Balaban J connectivity index is 1.88. The van der Waals surface area contributed by atoms with Crippen molar-refractivity contribution in [3.63, 3.8) is 0 Å². The topological polar surface area (TPSA) is 121 Å². The van der Waals surface area contributed by atoms with E-state index in [0.717, 1.165) is 0 Å². The smallest absolute Gasteiger partial charge is 0.264 e. The lowest BCUT2D eigenvalue weighted by atomic mass is 10.4. The van der Waals surface area contributed by atoms with Crippen LogP contribution in [-0.2, 0) is 10.0 Å². The molecule has 0 spiro atoms. The fourth-order valence-corrected chi connectivity index (χ4v) is 2.86. The molecule has 0 aliphatic carbocycles. The summed E-state index contributed by atoms with van der Waals surface area (Å²) in [6, 6.07) is 9.40. The zero-order valence-electron chi connectivity index (χ0n) is 13.3. The van der Waals surface area contributed by atoms with Crippen molar-refractivity contribution in [2.24, 2.45) is 0 Å². The molecule has 0 saturated heterocycles. The number of ether oxygens (including phenoxy) is 2. The second-order valence-electron chi connectivity index (χ2n) is 4.68. The minimum atomic E-state index is -3.79. The highest BCUT2D eigenvalue weighted by Gasteiger charge is 2.17. The lowest BCUT2D eigenvalue weighted by molar-refractivity contribution is 0.370. The second kappa shape index (κ2) is 6.73. The number of anilines is 1. The van der Waals surface area contributed by atoms with E-state index >= 15 is 0 Å². The highest BCUT2D eigenvalue weighted by atomic mass is 32.2. The summed E-state index contributed by atoms with van der Waals surface area (Å²) in [4.78, 5) is 12.2. The Morgan fingerprint density at radius 2 is 1.68 bits per heavy atom. The van der Waals surface area contributed by atoms with Gasteiger partial charge < -0.3 is 9.47 Å². The average Bonchev–Trinajstić information content (AvgIpc) is 3.09. The van der Waals surface area contributed by atoms with Crippen molar-refractivity contribution in [3.8, 4) is 17.7 Å². The average molecular weight is 362 g/mol. The van der Waals surface area contributed by atoms with Crippen LogP contribution in [0.3, 0.4) is 0 Å². The molecule has 130 valence electrons. The standard InChI is InChI=1S/C14H14N6O4S/c1-23-11-8-12(24-2)17-14(16-11)20-9-15-13(18-20)19-25(21,22)10-6-4-3-5-7-10/h3-9H,1-2H3,(H,18,19). The minimum Gasteiger partial charge on any atom is -0.481 e. The molecule has 0 saturated carbocycles. The van der Waals surface area contributed by atoms with Gasteiger partial charge in [-0.1, -0.05) is 18.2 Å². The molecular weight excluding hydrogens is 348 g/mol. The molecule has 11 heteroatoms. The fraction of sp³-hybridized carbons (Fsp3) is 0.143. The molecule has 25 heavy (non-hydrogen) atoms. The number of sulfonamides is 1. The zero-order chi connectivity index (χ0) is 17.9. The molecule has 2 heterocycles. The molecule has 0 fully saturated rings. The third-order valence-electron chi connectivity index (χ3n) is 3.06. The summed E-state index contributed by atoms with van der Waals surface area (Å²) in [6.45, 7) is 0. The maximum atomic E-state index is 12.3. The number of aromatic nitrogens is 5. The molecule has 1 aromatic carbocycles. The highest BCUT2D eigenvalue weighted by Crippen LogP contribution is 2.17. The first-order valence-corrected chi connectivity index (χ1v) is 8.47. The SMILES string of the molecule is COc1cc(OC)nc(-n2cnc(NS(=O)(=O)c3ccccc3)n2)n1. The lowest BCUT2D eigenvalue weighted by Gasteiger charge is -2.05. The number of methoxy groups -OCH3 is 2. The predicted octanol–water partition coefficient (Wildman–Crippen LogP) is 0.875. The molecular formula is C14H14N6O4S. The summed E-state index contributed by atoms with van der Waals surface area (Å²) in [5, 5.41) is 4.02. The van der Waals surface area contributed by atoms with Gasteiger partial charge in [0.05, 0.1) is 25.2 Å².